The molecule has 1 fully saturated rings. The molecule has 19 heavy (non-hydrogen) atoms. The lowest BCUT2D eigenvalue weighted by Gasteiger charge is -2.30. The maximum atomic E-state index is 12.6. The number of methoxy groups -OCH3 is 1. The van der Waals surface area contributed by atoms with E-state index >= 15 is 0 Å². The van der Waals surface area contributed by atoms with Gasteiger partial charge >= 0.3 is 5.97 Å². The predicted molar refractivity (Wildman–Crippen MR) is 71.4 cm³/mol. The molecule has 2 unspecified atom stereocenters. The van der Waals surface area contributed by atoms with Gasteiger partial charge in [0.15, 0.2) is 0 Å². The topological polar surface area (TPSA) is 83.9 Å². The zero-order valence-electron chi connectivity index (χ0n) is 11.7. The van der Waals surface area contributed by atoms with Crippen molar-refractivity contribution < 1.29 is 23.1 Å². The molecule has 1 aliphatic carbocycles. The van der Waals surface area contributed by atoms with Gasteiger partial charge < -0.3 is 9.84 Å². The quantitative estimate of drug-likeness (QED) is 0.755. The summed E-state index contributed by atoms with van der Waals surface area (Å²) >= 11 is 0. The van der Waals surface area contributed by atoms with Crippen LogP contribution in [0.3, 0.4) is 0 Å². The van der Waals surface area contributed by atoms with Crippen LogP contribution < -0.4 is 0 Å². The lowest BCUT2D eigenvalue weighted by Crippen LogP contribution is -2.46. The van der Waals surface area contributed by atoms with Crippen molar-refractivity contribution in [2.24, 2.45) is 5.92 Å². The molecule has 0 aromatic carbocycles. The highest BCUT2D eigenvalue weighted by Gasteiger charge is 2.44. The third-order valence-electron chi connectivity index (χ3n) is 3.57. The first-order valence-electron chi connectivity index (χ1n) is 6.54. The second kappa shape index (κ2) is 6.67. The normalized spacial score (nSPS) is 24.3. The number of rotatable bonds is 7. The maximum absolute atomic E-state index is 12.6. The van der Waals surface area contributed by atoms with Crippen LogP contribution in [-0.2, 0) is 19.6 Å². The fourth-order valence-corrected chi connectivity index (χ4v) is 5.00. The molecule has 0 bridgehead atoms. The molecule has 1 saturated carbocycles. The Bertz CT molecular complexity index is 406. The van der Waals surface area contributed by atoms with E-state index in [1.165, 1.54) is 11.4 Å². The standard InChI is InChI=1S/C12H23NO5S/c1-9(2)13(7-8-18-3)19(16,17)11-6-4-5-10(11)12(14)15/h9-11H,4-8H2,1-3H3,(H,14,15). The average molecular weight is 293 g/mol. The minimum Gasteiger partial charge on any atom is -0.481 e. The molecular weight excluding hydrogens is 270 g/mol. The summed E-state index contributed by atoms with van der Waals surface area (Å²) in [6.45, 7) is 4.15. The number of carboxylic acids is 1. The van der Waals surface area contributed by atoms with Crippen LogP contribution in [0.2, 0.25) is 0 Å². The van der Waals surface area contributed by atoms with Gasteiger partial charge in [0.2, 0.25) is 10.0 Å². The number of hydrogen-bond donors (Lipinski definition) is 1. The van der Waals surface area contributed by atoms with E-state index in [4.69, 9.17) is 9.84 Å². The smallest absolute Gasteiger partial charge is 0.307 e. The lowest BCUT2D eigenvalue weighted by atomic mass is 10.1. The summed E-state index contributed by atoms with van der Waals surface area (Å²) in [7, 11) is -2.08. The van der Waals surface area contributed by atoms with Gasteiger partial charge in [-0.15, -0.1) is 0 Å². The van der Waals surface area contributed by atoms with E-state index in [-0.39, 0.29) is 12.6 Å². The lowest BCUT2D eigenvalue weighted by molar-refractivity contribution is -0.141. The summed E-state index contributed by atoms with van der Waals surface area (Å²) < 4.78 is 31.5. The molecule has 0 aromatic heterocycles. The third-order valence-corrected chi connectivity index (χ3v) is 6.16. The van der Waals surface area contributed by atoms with E-state index in [0.717, 1.165) is 0 Å². The van der Waals surface area contributed by atoms with Gasteiger partial charge in [-0.05, 0) is 26.7 Å². The number of carbonyl (C=O) groups is 1. The molecule has 1 aliphatic rings. The summed E-state index contributed by atoms with van der Waals surface area (Å²) in [5.41, 5.74) is 0. The van der Waals surface area contributed by atoms with Crippen molar-refractivity contribution in [2.45, 2.75) is 44.4 Å². The summed E-state index contributed by atoms with van der Waals surface area (Å²) in [4.78, 5) is 11.2. The van der Waals surface area contributed by atoms with E-state index in [0.29, 0.717) is 25.9 Å². The van der Waals surface area contributed by atoms with Crippen molar-refractivity contribution in [3.63, 3.8) is 0 Å². The van der Waals surface area contributed by atoms with Crippen molar-refractivity contribution >= 4 is 16.0 Å². The summed E-state index contributed by atoms with van der Waals surface area (Å²) in [6, 6.07) is -0.199. The Morgan fingerprint density at radius 1 is 1.42 bits per heavy atom. The number of nitrogens with zero attached hydrogens (tertiary/aromatic N) is 1. The van der Waals surface area contributed by atoms with E-state index < -0.39 is 27.2 Å². The molecular formula is C12H23NO5S. The van der Waals surface area contributed by atoms with Gasteiger partial charge in [0, 0.05) is 19.7 Å². The van der Waals surface area contributed by atoms with E-state index in [1.807, 2.05) is 0 Å². The van der Waals surface area contributed by atoms with E-state index in [1.54, 1.807) is 13.8 Å². The Morgan fingerprint density at radius 2 is 2.05 bits per heavy atom. The number of sulfonamides is 1. The molecule has 0 heterocycles. The van der Waals surface area contributed by atoms with Gasteiger partial charge in [0.05, 0.1) is 17.8 Å². The summed E-state index contributed by atoms with van der Waals surface area (Å²) in [5, 5.41) is 8.33. The highest BCUT2D eigenvalue weighted by atomic mass is 32.2. The second-order valence-corrected chi connectivity index (χ2v) is 7.26. The van der Waals surface area contributed by atoms with Crippen LogP contribution in [0.15, 0.2) is 0 Å². The monoisotopic (exact) mass is 293 g/mol. The Kier molecular flexibility index (Phi) is 5.76. The van der Waals surface area contributed by atoms with Crippen LogP contribution >= 0.6 is 0 Å². The number of ether oxygens (including phenoxy) is 1. The fraction of sp³-hybridized carbons (Fsp3) is 0.917. The second-order valence-electron chi connectivity index (χ2n) is 5.16. The van der Waals surface area contributed by atoms with Crippen LogP contribution in [0.4, 0.5) is 0 Å². The zero-order chi connectivity index (χ0) is 14.6. The van der Waals surface area contributed by atoms with E-state index in [9.17, 15) is 13.2 Å². The fourth-order valence-electron chi connectivity index (χ4n) is 2.60. The predicted octanol–water partition coefficient (Wildman–Crippen LogP) is 0.926. The van der Waals surface area contributed by atoms with E-state index in [2.05, 4.69) is 0 Å². The average Bonchev–Trinajstić information content (AvgIpc) is 2.78. The molecule has 2 atom stereocenters. The van der Waals surface area contributed by atoms with Crippen molar-refractivity contribution in [1.82, 2.24) is 4.31 Å². The SMILES string of the molecule is COCCN(C(C)C)S(=O)(=O)C1CCCC1C(=O)O. The molecule has 0 saturated heterocycles. The molecule has 0 amide bonds. The van der Waals surface area contributed by atoms with Gasteiger partial charge in [-0.2, -0.15) is 4.31 Å². The summed E-state index contributed by atoms with van der Waals surface area (Å²) in [5.74, 6) is -1.80. The highest BCUT2D eigenvalue weighted by Crippen LogP contribution is 2.33. The van der Waals surface area contributed by atoms with Gasteiger partial charge in [-0.1, -0.05) is 6.42 Å². The minimum absolute atomic E-state index is 0.199. The first kappa shape index (κ1) is 16.4. The Hall–Kier alpha value is -0.660. The Balaban J connectivity index is 2.96. The highest BCUT2D eigenvalue weighted by molar-refractivity contribution is 7.89. The van der Waals surface area contributed by atoms with Gasteiger partial charge in [0.1, 0.15) is 0 Å². The Morgan fingerprint density at radius 3 is 2.53 bits per heavy atom. The number of aliphatic carboxylic acids is 1. The number of hydrogen-bond acceptors (Lipinski definition) is 4. The van der Waals surface area contributed by atoms with Crippen molar-refractivity contribution in [3.05, 3.63) is 0 Å². The number of carboxylic acid groups (broad SMARTS) is 1. The molecule has 0 spiro atoms. The molecule has 0 aromatic rings. The van der Waals surface area contributed by atoms with Crippen LogP contribution in [0, 0.1) is 5.92 Å². The van der Waals surface area contributed by atoms with Gasteiger partial charge in [-0.25, -0.2) is 8.42 Å². The third kappa shape index (κ3) is 3.67. The first-order chi connectivity index (χ1) is 8.82. The van der Waals surface area contributed by atoms with Gasteiger partial charge in [0.25, 0.3) is 0 Å². The van der Waals surface area contributed by atoms with Gasteiger partial charge in [-0.3, -0.25) is 4.79 Å². The molecule has 0 radical (unpaired) electrons. The maximum Gasteiger partial charge on any atom is 0.307 e. The summed E-state index contributed by atoms with van der Waals surface area (Å²) in [6.07, 6.45) is 1.52. The molecule has 0 aliphatic heterocycles. The molecule has 1 rings (SSSR count). The van der Waals surface area contributed by atoms with Crippen LogP contribution in [0.5, 0.6) is 0 Å². The molecule has 112 valence electrons. The van der Waals surface area contributed by atoms with Crippen molar-refractivity contribution in [3.8, 4) is 0 Å². The van der Waals surface area contributed by atoms with Crippen molar-refractivity contribution in [2.75, 3.05) is 20.3 Å². The first-order valence-corrected chi connectivity index (χ1v) is 8.05. The molecule has 7 heteroatoms. The minimum atomic E-state index is -3.59. The zero-order valence-corrected chi connectivity index (χ0v) is 12.5. The van der Waals surface area contributed by atoms with Crippen LogP contribution in [-0.4, -0.2) is 55.4 Å². The van der Waals surface area contributed by atoms with Crippen molar-refractivity contribution in [1.29, 1.82) is 0 Å². The molecule has 1 N–H and O–H groups in total. The Labute approximate surface area is 114 Å². The molecule has 6 nitrogen and oxygen atoms in total. The van der Waals surface area contributed by atoms with Crippen LogP contribution in [0.1, 0.15) is 33.1 Å². The largest absolute Gasteiger partial charge is 0.481 e. The van der Waals surface area contributed by atoms with Crippen LogP contribution in [0.25, 0.3) is 0 Å².